The van der Waals surface area contributed by atoms with Crippen molar-refractivity contribution in [3.63, 3.8) is 0 Å². The van der Waals surface area contributed by atoms with Crippen LogP contribution >= 0.6 is 0 Å². The molecule has 154 valence electrons. The third-order valence-corrected chi connectivity index (χ3v) is 5.41. The molecule has 30 heavy (non-hydrogen) atoms. The summed E-state index contributed by atoms with van der Waals surface area (Å²) in [5.74, 6) is 2.88. The van der Waals surface area contributed by atoms with Crippen LogP contribution in [0.25, 0.3) is 0 Å². The van der Waals surface area contributed by atoms with Gasteiger partial charge in [-0.2, -0.15) is 5.10 Å². The first-order valence-electron chi connectivity index (χ1n) is 10.1. The molecule has 0 spiro atoms. The number of carbonyl (C=O) groups excluding carboxylic acids is 1. The van der Waals surface area contributed by atoms with Crippen LogP contribution in [-0.2, 0) is 11.3 Å². The average molecular weight is 405 g/mol. The molecule has 1 aromatic heterocycles. The Morgan fingerprint density at radius 1 is 1.27 bits per heavy atom. The number of quaternary nitrogens is 1. The molecule has 0 aliphatic carbocycles. The summed E-state index contributed by atoms with van der Waals surface area (Å²) in [5.41, 5.74) is 3.29. The smallest absolute Gasteiger partial charge is 0.234 e. The third-order valence-electron chi connectivity index (χ3n) is 5.41. The van der Waals surface area contributed by atoms with E-state index in [1.54, 1.807) is 0 Å². The van der Waals surface area contributed by atoms with Gasteiger partial charge < -0.3 is 10.2 Å². The Bertz CT molecular complexity index is 1050. The minimum Gasteiger partial charge on any atom is -0.354 e. The molecule has 1 fully saturated rings. The lowest BCUT2D eigenvalue weighted by atomic mass is 10.1. The van der Waals surface area contributed by atoms with Crippen LogP contribution in [0.2, 0.25) is 0 Å². The van der Waals surface area contributed by atoms with Crippen molar-refractivity contribution in [2.75, 3.05) is 36.4 Å². The number of amidine groups is 1. The minimum atomic E-state index is 0.0931. The summed E-state index contributed by atoms with van der Waals surface area (Å²) in [6.45, 7) is 5.48. The highest BCUT2D eigenvalue weighted by Crippen LogP contribution is 2.20. The number of nitrogens with zero attached hydrogens (tertiary/aromatic N) is 4. The highest BCUT2D eigenvalue weighted by Gasteiger charge is 2.32. The summed E-state index contributed by atoms with van der Waals surface area (Å²) < 4.78 is 0. The number of hydrogen-bond acceptors (Lipinski definition) is 6. The summed E-state index contributed by atoms with van der Waals surface area (Å²) in [5, 5.41) is 13.6. The van der Waals surface area contributed by atoms with Crippen molar-refractivity contribution in [2.24, 2.45) is 4.99 Å². The number of hydrogen-bond donors (Lipinski definition) is 4. The molecule has 1 saturated heterocycles. The van der Waals surface area contributed by atoms with E-state index >= 15 is 0 Å². The number of nitrogens with one attached hydrogen (secondary N) is 4. The summed E-state index contributed by atoms with van der Waals surface area (Å²) in [7, 11) is 0. The maximum atomic E-state index is 11.7. The van der Waals surface area contributed by atoms with Crippen molar-refractivity contribution < 1.29 is 9.69 Å². The average Bonchev–Trinajstić information content (AvgIpc) is 3.37. The molecule has 3 aliphatic rings. The second-order valence-corrected chi connectivity index (χ2v) is 7.77. The van der Waals surface area contributed by atoms with Crippen LogP contribution < -0.4 is 20.4 Å². The van der Waals surface area contributed by atoms with Crippen LogP contribution in [0.4, 0.5) is 11.5 Å². The lowest BCUT2D eigenvalue weighted by Crippen LogP contribution is -3.10. The number of aryl methyl sites for hydroxylation is 1. The number of aromatic nitrogens is 2. The first kappa shape index (κ1) is 18.6. The van der Waals surface area contributed by atoms with Crippen molar-refractivity contribution >= 4 is 23.2 Å². The van der Waals surface area contributed by atoms with Gasteiger partial charge in [0.15, 0.2) is 5.82 Å². The lowest BCUT2D eigenvalue weighted by Gasteiger charge is -2.30. The third kappa shape index (κ3) is 3.85. The van der Waals surface area contributed by atoms with Crippen LogP contribution in [-0.4, -0.2) is 53.0 Å². The fraction of sp³-hybridized carbons (Fsp3) is 0.286. The second-order valence-electron chi connectivity index (χ2n) is 7.77. The fourth-order valence-corrected chi connectivity index (χ4v) is 3.97. The number of aromatic amines is 1. The first-order chi connectivity index (χ1) is 14.6. The Morgan fingerprint density at radius 3 is 3.03 bits per heavy atom. The van der Waals surface area contributed by atoms with Crippen molar-refractivity contribution in [2.45, 2.75) is 13.5 Å². The molecule has 9 heteroatoms. The molecule has 1 atom stereocenters. The summed E-state index contributed by atoms with van der Waals surface area (Å²) >= 11 is 0. The molecular weight excluding hydrogens is 380 g/mol. The van der Waals surface area contributed by atoms with Gasteiger partial charge in [0.25, 0.3) is 0 Å². The maximum Gasteiger partial charge on any atom is 0.234 e. The minimum absolute atomic E-state index is 0.0931. The van der Waals surface area contributed by atoms with Gasteiger partial charge in [-0.1, -0.05) is 12.1 Å². The number of fused-ring (bicyclic) bond motifs is 1. The molecule has 4 N–H and O–H groups in total. The van der Waals surface area contributed by atoms with Gasteiger partial charge in [0.1, 0.15) is 12.7 Å². The zero-order valence-corrected chi connectivity index (χ0v) is 16.9. The quantitative estimate of drug-likeness (QED) is 0.568. The molecule has 0 saturated carbocycles. The number of amides is 1. The summed E-state index contributed by atoms with van der Waals surface area (Å²) in [4.78, 5) is 21.7. The molecular formula is C21H25N8O+. The number of aliphatic imine (C=N–C) groups is 1. The molecule has 9 nitrogen and oxygen atoms in total. The highest BCUT2D eigenvalue weighted by atomic mass is 16.2. The second kappa shape index (κ2) is 7.77. The molecule has 0 radical (unpaired) electrons. The molecule has 5 rings (SSSR count). The SMILES string of the molecule is Cc1cc(NC2=CN(c3cccc(CN4CCNC(=O)C4)c3)CC3=NC=C[NH+]23)n[nH]1. The van der Waals surface area contributed by atoms with Gasteiger partial charge in [0, 0.05) is 37.1 Å². The van der Waals surface area contributed by atoms with Crippen molar-refractivity contribution in [3.05, 3.63) is 66.0 Å². The van der Waals surface area contributed by atoms with Gasteiger partial charge >= 0.3 is 0 Å². The Hall–Kier alpha value is -3.43. The molecule has 1 amide bonds. The molecule has 0 bridgehead atoms. The number of anilines is 2. The number of rotatable bonds is 5. The van der Waals surface area contributed by atoms with Crippen molar-refractivity contribution in [3.8, 4) is 0 Å². The summed E-state index contributed by atoms with van der Waals surface area (Å²) in [6, 6.07) is 10.5. The van der Waals surface area contributed by atoms with E-state index in [2.05, 4.69) is 66.1 Å². The molecule has 1 unspecified atom stereocenters. The monoisotopic (exact) mass is 405 g/mol. The standard InChI is InChI=1S/C21H24N8O/c1-15-9-18(26-25-15)24-20-13-28(12-19-22-6-8-29(19)20)17-4-2-3-16(10-17)11-27-7-5-23-21(30)14-27/h2-4,6,8-10,13H,5,7,11-12,14H2,1H3,(H,23,30)(H2,24,25,26)/p+1. The molecule has 1 aromatic carbocycles. The van der Waals surface area contributed by atoms with Gasteiger partial charge in [-0.25, -0.2) is 9.89 Å². The van der Waals surface area contributed by atoms with E-state index < -0.39 is 0 Å². The Kier molecular flexibility index (Phi) is 4.82. The van der Waals surface area contributed by atoms with Gasteiger partial charge in [0.2, 0.25) is 17.6 Å². The highest BCUT2D eigenvalue weighted by molar-refractivity contribution is 5.84. The van der Waals surface area contributed by atoms with E-state index in [0.29, 0.717) is 19.6 Å². The first-order valence-corrected chi connectivity index (χ1v) is 10.1. The van der Waals surface area contributed by atoms with Gasteiger partial charge in [-0.05, 0) is 24.6 Å². The van der Waals surface area contributed by atoms with E-state index in [4.69, 9.17) is 0 Å². The van der Waals surface area contributed by atoms with E-state index in [0.717, 1.165) is 46.8 Å². The molecule has 3 aliphatic heterocycles. The van der Waals surface area contributed by atoms with E-state index in [9.17, 15) is 4.79 Å². The molecule has 2 aromatic rings. The Balaban J connectivity index is 1.38. The topological polar surface area (TPSA) is 93.1 Å². The number of H-pyrrole nitrogens is 1. The number of piperazine rings is 1. The van der Waals surface area contributed by atoms with Crippen molar-refractivity contribution in [1.29, 1.82) is 0 Å². The van der Waals surface area contributed by atoms with Crippen LogP contribution in [0, 0.1) is 6.92 Å². The molecule has 4 heterocycles. The Morgan fingerprint density at radius 2 is 2.20 bits per heavy atom. The number of benzene rings is 1. The van der Waals surface area contributed by atoms with Crippen LogP contribution in [0.1, 0.15) is 11.3 Å². The van der Waals surface area contributed by atoms with E-state index in [1.165, 1.54) is 5.56 Å². The van der Waals surface area contributed by atoms with Crippen LogP contribution in [0.15, 0.2) is 59.7 Å². The fourth-order valence-electron chi connectivity index (χ4n) is 3.97. The lowest BCUT2D eigenvalue weighted by molar-refractivity contribution is -0.698. The van der Waals surface area contributed by atoms with Crippen molar-refractivity contribution in [1.82, 2.24) is 20.4 Å². The van der Waals surface area contributed by atoms with Gasteiger partial charge in [-0.15, -0.1) is 0 Å². The normalized spacial score (nSPS) is 21.2. The Labute approximate surface area is 174 Å². The zero-order chi connectivity index (χ0) is 20.5. The zero-order valence-electron chi connectivity index (χ0n) is 16.9. The van der Waals surface area contributed by atoms with Gasteiger partial charge in [0.05, 0.1) is 18.9 Å². The van der Waals surface area contributed by atoms with Crippen LogP contribution in [0.3, 0.4) is 0 Å². The predicted octanol–water partition coefficient (Wildman–Crippen LogP) is 0.149. The predicted molar refractivity (Wildman–Crippen MR) is 115 cm³/mol. The maximum absolute atomic E-state index is 11.7. The van der Waals surface area contributed by atoms with E-state index in [1.807, 2.05) is 25.4 Å². The largest absolute Gasteiger partial charge is 0.354 e. The number of carbonyl (C=O) groups is 1. The summed E-state index contributed by atoms with van der Waals surface area (Å²) in [6.07, 6.45) is 5.99. The van der Waals surface area contributed by atoms with Crippen LogP contribution in [0.5, 0.6) is 0 Å². The van der Waals surface area contributed by atoms with Gasteiger partial charge in [-0.3, -0.25) is 20.1 Å². The van der Waals surface area contributed by atoms with E-state index in [-0.39, 0.29) is 5.91 Å².